The number of furan rings is 1. The van der Waals surface area contributed by atoms with Crippen molar-refractivity contribution in [2.45, 2.75) is 24.9 Å². The van der Waals surface area contributed by atoms with Gasteiger partial charge in [0.25, 0.3) is 0 Å². The highest BCUT2D eigenvalue weighted by atomic mass is 16.4. The first-order valence-electron chi connectivity index (χ1n) is 3.99. The van der Waals surface area contributed by atoms with E-state index in [0.29, 0.717) is 18.6 Å². The van der Waals surface area contributed by atoms with Crippen LogP contribution in [-0.2, 0) is 10.4 Å². The summed E-state index contributed by atoms with van der Waals surface area (Å²) in [5.41, 5.74) is -1.03. The van der Waals surface area contributed by atoms with E-state index >= 15 is 0 Å². The third-order valence-electron chi connectivity index (χ3n) is 2.29. The molecule has 1 aliphatic rings. The highest BCUT2D eigenvalue weighted by Gasteiger charge is 2.40. The highest BCUT2D eigenvalue weighted by molar-refractivity contribution is 5.82. The SMILES string of the molecule is O=C1CCC(O)(c2ccco2)C1. The van der Waals surface area contributed by atoms with Crippen molar-refractivity contribution in [3.63, 3.8) is 0 Å². The lowest BCUT2D eigenvalue weighted by Gasteiger charge is -2.17. The molecule has 1 heterocycles. The molecule has 0 spiro atoms. The Balaban J connectivity index is 2.28. The molecule has 0 aromatic carbocycles. The fraction of sp³-hybridized carbons (Fsp3) is 0.444. The van der Waals surface area contributed by atoms with Gasteiger partial charge in [0.1, 0.15) is 17.1 Å². The topological polar surface area (TPSA) is 50.4 Å². The van der Waals surface area contributed by atoms with Gasteiger partial charge in [-0.15, -0.1) is 0 Å². The maximum Gasteiger partial charge on any atom is 0.136 e. The first-order chi connectivity index (χ1) is 5.71. The lowest BCUT2D eigenvalue weighted by molar-refractivity contribution is -0.119. The van der Waals surface area contributed by atoms with Gasteiger partial charge in [0.2, 0.25) is 0 Å². The van der Waals surface area contributed by atoms with Gasteiger partial charge in [-0.05, 0) is 18.6 Å². The molecule has 0 amide bonds. The largest absolute Gasteiger partial charge is 0.466 e. The van der Waals surface area contributed by atoms with E-state index in [1.807, 2.05) is 0 Å². The normalized spacial score (nSPS) is 29.6. The molecule has 1 atom stereocenters. The van der Waals surface area contributed by atoms with Crippen LogP contribution < -0.4 is 0 Å². The molecule has 0 radical (unpaired) electrons. The Kier molecular flexibility index (Phi) is 1.54. The van der Waals surface area contributed by atoms with Gasteiger partial charge in [0.05, 0.1) is 6.26 Å². The van der Waals surface area contributed by atoms with Gasteiger partial charge in [0.15, 0.2) is 0 Å². The van der Waals surface area contributed by atoms with Crippen molar-refractivity contribution >= 4 is 5.78 Å². The third-order valence-corrected chi connectivity index (χ3v) is 2.29. The summed E-state index contributed by atoms with van der Waals surface area (Å²) in [5, 5.41) is 9.91. The summed E-state index contributed by atoms with van der Waals surface area (Å²) in [6.07, 6.45) is 2.65. The zero-order valence-corrected chi connectivity index (χ0v) is 6.62. The lowest BCUT2D eigenvalue weighted by atomic mass is 9.99. The molecule has 1 aliphatic carbocycles. The van der Waals surface area contributed by atoms with Gasteiger partial charge in [-0.2, -0.15) is 0 Å². The number of carbonyl (C=O) groups is 1. The molecule has 1 aromatic rings. The molecule has 3 nitrogen and oxygen atoms in total. The van der Waals surface area contributed by atoms with Crippen molar-refractivity contribution in [3.8, 4) is 0 Å². The molecule has 0 saturated heterocycles. The van der Waals surface area contributed by atoms with Crippen molar-refractivity contribution < 1.29 is 14.3 Å². The molecule has 1 N–H and O–H groups in total. The Morgan fingerprint density at radius 1 is 1.58 bits per heavy atom. The van der Waals surface area contributed by atoms with Crippen LogP contribution >= 0.6 is 0 Å². The quantitative estimate of drug-likeness (QED) is 0.682. The van der Waals surface area contributed by atoms with E-state index < -0.39 is 5.60 Å². The van der Waals surface area contributed by atoms with E-state index in [0.717, 1.165) is 0 Å². The molecule has 2 rings (SSSR count). The molecule has 0 aliphatic heterocycles. The number of rotatable bonds is 1. The van der Waals surface area contributed by atoms with Crippen molar-refractivity contribution in [1.82, 2.24) is 0 Å². The predicted octanol–water partition coefficient (Wildman–Crippen LogP) is 1.22. The summed E-state index contributed by atoms with van der Waals surface area (Å²) in [4.78, 5) is 11.0. The number of hydrogen-bond donors (Lipinski definition) is 1. The van der Waals surface area contributed by atoms with E-state index in [4.69, 9.17) is 4.42 Å². The van der Waals surface area contributed by atoms with Crippen LogP contribution in [0.3, 0.4) is 0 Å². The van der Waals surface area contributed by atoms with Crippen LogP contribution in [0.4, 0.5) is 0 Å². The molecular weight excluding hydrogens is 156 g/mol. The summed E-state index contributed by atoms with van der Waals surface area (Å²) in [6.45, 7) is 0. The summed E-state index contributed by atoms with van der Waals surface area (Å²) in [7, 11) is 0. The minimum Gasteiger partial charge on any atom is -0.466 e. The standard InChI is InChI=1S/C9H10O3/c10-7-3-4-9(11,6-7)8-2-1-5-12-8/h1-2,5,11H,3-4,6H2. The molecule has 0 bridgehead atoms. The van der Waals surface area contributed by atoms with Gasteiger partial charge >= 0.3 is 0 Å². The minimum absolute atomic E-state index is 0.105. The molecule has 1 fully saturated rings. The summed E-state index contributed by atoms with van der Waals surface area (Å²) >= 11 is 0. The molecule has 12 heavy (non-hydrogen) atoms. The lowest BCUT2D eigenvalue weighted by Crippen LogP contribution is -2.20. The fourth-order valence-electron chi connectivity index (χ4n) is 1.60. The Labute approximate surface area is 70.0 Å². The Bertz CT molecular complexity index is 289. The van der Waals surface area contributed by atoms with Crippen molar-refractivity contribution in [3.05, 3.63) is 24.2 Å². The van der Waals surface area contributed by atoms with E-state index in [1.165, 1.54) is 6.26 Å². The Morgan fingerprint density at radius 2 is 2.42 bits per heavy atom. The second-order valence-corrected chi connectivity index (χ2v) is 3.22. The van der Waals surface area contributed by atoms with Crippen LogP contribution in [0.25, 0.3) is 0 Å². The summed E-state index contributed by atoms with van der Waals surface area (Å²) in [5.74, 6) is 0.613. The molecule has 3 heteroatoms. The van der Waals surface area contributed by atoms with Gasteiger partial charge in [-0.1, -0.05) is 0 Å². The number of carbonyl (C=O) groups excluding carboxylic acids is 1. The minimum atomic E-state index is -1.03. The van der Waals surface area contributed by atoms with E-state index in [2.05, 4.69) is 0 Å². The monoisotopic (exact) mass is 166 g/mol. The second kappa shape index (κ2) is 2.45. The van der Waals surface area contributed by atoms with Crippen molar-refractivity contribution in [2.24, 2.45) is 0 Å². The van der Waals surface area contributed by atoms with Crippen LogP contribution in [0.1, 0.15) is 25.0 Å². The maximum atomic E-state index is 11.0. The van der Waals surface area contributed by atoms with Gasteiger partial charge in [-0.25, -0.2) is 0 Å². The van der Waals surface area contributed by atoms with Crippen LogP contribution in [0, 0.1) is 0 Å². The molecular formula is C9H10O3. The third kappa shape index (κ3) is 1.06. The number of aliphatic hydroxyl groups is 1. The van der Waals surface area contributed by atoms with Crippen LogP contribution in [0.5, 0.6) is 0 Å². The second-order valence-electron chi connectivity index (χ2n) is 3.22. The van der Waals surface area contributed by atoms with Crippen LogP contribution in [0.2, 0.25) is 0 Å². The maximum absolute atomic E-state index is 11.0. The van der Waals surface area contributed by atoms with Gasteiger partial charge in [-0.3, -0.25) is 4.79 Å². The van der Waals surface area contributed by atoms with Crippen LogP contribution in [0.15, 0.2) is 22.8 Å². The average molecular weight is 166 g/mol. The smallest absolute Gasteiger partial charge is 0.136 e. The Hall–Kier alpha value is -1.09. The molecule has 64 valence electrons. The summed E-state index contributed by atoms with van der Waals surface area (Å²) in [6, 6.07) is 3.43. The van der Waals surface area contributed by atoms with E-state index in [1.54, 1.807) is 12.1 Å². The summed E-state index contributed by atoms with van der Waals surface area (Å²) < 4.78 is 5.07. The fourth-order valence-corrected chi connectivity index (χ4v) is 1.60. The highest BCUT2D eigenvalue weighted by Crippen LogP contribution is 2.36. The molecule has 1 saturated carbocycles. The first-order valence-corrected chi connectivity index (χ1v) is 3.99. The Morgan fingerprint density at radius 3 is 2.92 bits per heavy atom. The first kappa shape index (κ1) is 7.55. The van der Waals surface area contributed by atoms with E-state index in [-0.39, 0.29) is 12.2 Å². The molecule has 1 unspecified atom stereocenters. The van der Waals surface area contributed by atoms with Gasteiger partial charge < -0.3 is 9.52 Å². The van der Waals surface area contributed by atoms with Crippen molar-refractivity contribution in [2.75, 3.05) is 0 Å². The zero-order chi connectivity index (χ0) is 8.60. The van der Waals surface area contributed by atoms with Crippen LogP contribution in [-0.4, -0.2) is 10.9 Å². The predicted molar refractivity (Wildman–Crippen MR) is 41.5 cm³/mol. The zero-order valence-electron chi connectivity index (χ0n) is 6.62. The average Bonchev–Trinajstić information content (AvgIpc) is 2.59. The number of Topliss-reactive ketones (excluding diaryl/α,β-unsaturated/α-hetero) is 1. The number of ketones is 1. The van der Waals surface area contributed by atoms with E-state index in [9.17, 15) is 9.90 Å². The molecule has 1 aromatic heterocycles. The van der Waals surface area contributed by atoms with Gasteiger partial charge in [0, 0.05) is 12.8 Å². The van der Waals surface area contributed by atoms with Crippen molar-refractivity contribution in [1.29, 1.82) is 0 Å². The number of hydrogen-bond acceptors (Lipinski definition) is 3.